The maximum absolute atomic E-state index is 12.9. The van der Waals surface area contributed by atoms with Gasteiger partial charge in [-0.05, 0) is 63.8 Å². The van der Waals surface area contributed by atoms with E-state index in [4.69, 9.17) is 4.74 Å². The van der Waals surface area contributed by atoms with E-state index in [0.717, 1.165) is 62.2 Å². The zero-order valence-corrected chi connectivity index (χ0v) is 19.7. The van der Waals surface area contributed by atoms with Crippen molar-refractivity contribution >= 4 is 0 Å². The molecule has 186 valence electrons. The molecular formula is C24H28F3N7O. The number of rotatable bonds is 7. The van der Waals surface area contributed by atoms with Gasteiger partial charge in [0.25, 0.3) is 0 Å². The van der Waals surface area contributed by atoms with E-state index >= 15 is 0 Å². The van der Waals surface area contributed by atoms with Crippen molar-refractivity contribution in [3.05, 3.63) is 53.4 Å². The van der Waals surface area contributed by atoms with Crippen LogP contribution in [0.5, 0.6) is 5.75 Å². The fraction of sp³-hybridized carbons (Fsp3) is 0.583. The molecule has 1 N–H and O–H groups in total. The molecule has 6 rings (SSSR count). The van der Waals surface area contributed by atoms with Crippen LogP contribution in [-0.4, -0.2) is 42.3 Å². The Balaban J connectivity index is 1.06. The Hall–Kier alpha value is -2.95. The van der Waals surface area contributed by atoms with E-state index in [0.29, 0.717) is 11.9 Å². The Morgan fingerprint density at radius 1 is 1.11 bits per heavy atom. The fourth-order valence-electron chi connectivity index (χ4n) is 5.77. The molecule has 0 unspecified atom stereocenters. The van der Waals surface area contributed by atoms with Crippen LogP contribution in [0.2, 0.25) is 0 Å². The quantitative estimate of drug-likeness (QED) is 0.544. The fourth-order valence-corrected chi connectivity index (χ4v) is 5.77. The van der Waals surface area contributed by atoms with E-state index in [1.807, 2.05) is 23.3 Å². The number of likely N-dealkylation sites (N-methyl/N-ethyl adjacent to an activating group) is 1. The van der Waals surface area contributed by atoms with E-state index < -0.39 is 11.7 Å². The molecule has 0 aliphatic heterocycles. The maximum Gasteiger partial charge on any atom is 0.416 e. The van der Waals surface area contributed by atoms with Crippen molar-refractivity contribution in [1.29, 1.82) is 0 Å². The molecule has 35 heavy (non-hydrogen) atoms. The third kappa shape index (κ3) is 3.71. The minimum Gasteiger partial charge on any atom is -0.486 e. The zero-order chi connectivity index (χ0) is 24.4. The molecule has 3 aliphatic carbocycles. The molecule has 11 heteroatoms. The van der Waals surface area contributed by atoms with Gasteiger partial charge in [0.1, 0.15) is 18.2 Å². The van der Waals surface area contributed by atoms with Gasteiger partial charge in [-0.2, -0.15) is 13.2 Å². The van der Waals surface area contributed by atoms with E-state index in [2.05, 4.69) is 32.0 Å². The van der Waals surface area contributed by atoms with Gasteiger partial charge in [-0.1, -0.05) is 11.3 Å². The van der Waals surface area contributed by atoms with Gasteiger partial charge in [0, 0.05) is 30.1 Å². The second-order valence-corrected chi connectivity index (χ2v) is 10.2. The second-order valence-electron chi connectivity index (χ2n) is 10.2. The molecule has 0 spiro atoms. The summed E-state index contributed by atoms with van der Waals surface area (Å²) >= 11 is 0. The predicted molar refractivity (Wildman–Crippen MR) is 120 cm³/mol. The molecule has 3 aromatic rings. The number of ether oxygens (including phenoxy) is 1. The minimum absolute atomic E-state index is 0.0533. The van der Waals surface area contributed by atoms with Crippen molar-refractivity contribution in [3.63, 3.8) is 0 Å². The maximum atomic E-state index is 12.9. The first-order valence-corrected chi connectivity index (χ1v) is 12.0. The lowest BCUT2D eigenvalue weighted by molar-refractivity contribution is -0.137. The summed E-state index contributed by atoms with van der Waals surface area (Å²) in [7, 11) is 3.91. The van der Waals surface area contributed by atoms with Crippen LogP contribution in [0.4, 0.5) is 13.2 Å². The highest BCUT2D eigenvalue weighted by molar-refractivity contribution is 5.51. The number of hydrogen-bond donors (Lipinski definition) is 1. The van der Waals surface area contributed by atoms with E-state index in [9.17, 15) is 13.2 Å². The monoisotopic (exact) mass is 487 g/mol. The first-order valence-electron chi connectivity index (χ1n) is 12.0. The third-order valence-corrected chi connectivity index (χ3v) is 8.32. The molecule has 2 aromatic heterocycles. The van der Waals surface area contributed by atoms with Gasteiger partial charge in [0.05, 0.1) is 17.3 Å². The summed E-state index contributed by atoms with van der Waals surface area (Å²) in [5, 5.41) is 21.0. The van der Waals surface area contributed by atoms with Crippen LogP contribution in [0.3, 0.4) is 0 Å². The molecule has 8 nitrogen and oxygen atoms in total. The van der Waals surface area contributed by atoms with Crippen LogP contribution in [0.1, 0.15) is 73.4 Å². The predicted octanol–water partition coefficient (Wildman–Crippen LogP) is 3.91. The van der Waals surface area contributed by atoms with Crippen LogP contribution < -0.4 is 10.1 Å². The highest BCUT2D eigenvalue weighted by Gasteiger charge is 2.84. The van der Waals surface area contributed by atoms with Crippen molar-refractivity contribution in [3.8, 4) is 5.75 Å². The van der Waals surface area contributed by atoms with Crippen molar-refractivity contribution in [2.24, 2.45) is 7.05 Å². The number of aromatic nitrogens is 6. The van der Waals surface area contributed by atoms with Gasteiger partial charge >= 0.3 is 6.18 Å². The number of nitrogens with zero attached hydrogens (tertiary/aromatic N) is 6. The van der Waals surface area contributed by atoms with E-state index in [1.165, 1.54) is 12.1 Å². The Bertz CT molecular complexity index is 1240. The summed E-state index contributed by atoms with van der Waals surface area (Å²) in [5.41, 5.74) is 0.884. The summed E-state index contributed by atoms with van der Waals surface area (Å²) in [5.74, 6) is 1.90. The van der Waals surface area contributed by atoms with Gasteiger partial charge < -0.3 is 14.6 Å². The van der Waals surface area contributed by atoms with Crippen molar-refractivity contribution < 1.29 is 17.9 Å². The molecule has 3 fully saturated rings. The number of fused-ring (bicyclic) bond motifs is 1. The molecular weight excluding hydrogens is 459 g/mol. The SMILES string of the molecule is CNC12CC1(c1cn(C3CCC(c4nnc(COc5cccc(C(F)(F)F)c5)n4C)CC3)nn1)C2. The van der Waals surface area contributed by atoms with Crippen LogP contribution in [-0.2, 0) is 25.2 Å². The van der Waals surface area contributed by atoms with Crippen LogP contribution >= 0.6 is 0 Å². The highest BCUT2D eigenvalue weighted by atomic mass is 19.4. The van der Waals surface area contributed by atoms with Crippen molar-refractivity contribution in [1.82, 2.24) is 35.1 Å². The van der Waals surface area contributed by atoms with Gasteiger partial charge in [-0.3, -0.25) is 0 Å². The highest BCUT2D eigenvalue weighted by Crippen LogP contribution is 2.78. The Labute approximate surface area is 200 Å². The first-order chi connectivity index (χ1) is 16.7. The molecule has 0 radical (unpaired) electrons. The lowest BCUT2D eigenvalue weighted by Gasteiger charge is -2.27. The summed E-state index contributed by atoms with van der Waals surface area (Å²) in [6, 6.07) is 5.20. The van der Waals surface area contributed by atoms with E-state index in [1.54, 1.807) is 0 Å². The standard InChI is InChI=1S/C24H28F3N7O/c1-28-23-13-22(23,14-23)19-11-34(32-29-19)17-8-6-15(7-9-17)21-31-30-20(33(21)2)12-35-18-5-3-4-16(10-18)24(25,26)27/h3-5,10-11,15,17,28H,6-9,12-14H2,1-2H3. The van der Waals surface area contributed by atoms with Crippen LogP contribution in [0, 0.1) is 0 Å². The molecule has 3 aliphatic rings. The van der Waals surface area contributed by atoms with Gasteiger partial charge in [-0.25, -0.2) is 4.68 Å². The Morgan fingerprint density at radius 3 is 2.57 bits per heavy atom. The smallest absolute Gasteiger partial charge is 0.416 e. The van der Waals surface area contributed by atoms with Gasteiger partial charge in [0.2, 0.25) is 0 Å². The minimum atomic E-state index is -4.41. The first kappa shape index (κ1) is 22.5. The molecule has 2 heterocycles. The molecule has 0 saturated heterocycles. The summed E-state index contributed by atoms with van der Waals surface area (Å²) in [6.45, 7) is 0.0533. The molecule has 0 bridgehead atoms. The summed E-state index contributed by atoms with van der Waals surface area (Å²) in [4.78, 5) is 0. The Kier molecular flexibility index (Phi) is 5.00. The number of alkyl halides is 3. The average molecular weight is 488 g/mol. The topological polar surface area (TPSA) is 82.7 Å². The number of benzene rings is 1. The summed E-state index contributed by atoms with van der Waals surface area (Å²) in [6.07, 6.45) is 3.96. The van der Waals surface area contributed by atoms with E-state index in [-0.39, 0.29) is 29.2 Å². The lowest BCUT2D eigenvalue weighted by Crippen LogP contribution is -2.20. The van der Waals surface area contributed by atoms with Crippen LogP contribution in [0.15, 0.2) is 30.5 Å². The largest absolute Gasteiger partial charge is 0.486 e. The summed E-state index contributed by atoms with van der Waals surface area (Å²) < 4.78 is 48.3. The van der Waals surface area contributed by atoms with Crippen molar-refractivity contribution in [2.75, 3.05) is 7.05 Å². The third-order valence-electron chi connectivity index (χ3n) is 8.32. The lowest BCUT2D eigenvalue weighted by atomic mass is 9.85. The number of nitrogens with one attached hydrogen (secondary N) is 1. The van der Waals surface area contributed by atoms with Crippen molar-refractivity contribution in [2.45, 2.75) is 74.2 Å². The normalized spacial score (nSPS) is 29.6. The molecule has 3 saturated carbocycles. The number of halogens is 3. The molecule has 0 amide bonds. The Morgan fingerprint density at radius 2 is 1.89 bits per heavy atom. The number of hydrogen-bond acceptors (Lipinski definition) is 6. The average Bonchev–Trinajstić information content (AvgIpc) is 3.48. The second kappa shape index (κ2) is 7.78. The van der Waals surface area contributed by atoms with Gasteiger partial charge in [0.15, 0.2) is 5.82 Å². The molecule has 0 atom stereocenters. The van der Waals surface area contributed by atoms with Gasteiger partial charge in [-0.15, -0.1) is 15.3 Å². The zero-order valence-electron chi connectivity index (χ0n) is 19.7. The molecule has 1 aromatic carbocycles. The van der Waals surface area contributed by atoms with Crippen LogP contribution in [0.25, 0.3) is 0 Å².